The molecule has 0 bridgehead atoms. The van der Waals surface area contributed by atoms with Crippen LogP contribution in [0.3, 0.4) is 0 Å². The number of nitrogens with zero attached hydrogens (tertiary/aromatic N) is 3. The third-order valence-electron chi connectivity index (χ3n) is 4.55. The van der Waals surface area contributed by atoms with Crippen LogP contribution in [0.25, 0.3) is 11.0 Å². The van der Waals surface area contributed by atoms with E-state index in [-0.39, 0.29) is 0 Å². The Labute approximate surface area is 174 Å². The molecular weight excluding hydrogens is 384 g/mol. The number of nitrogens with one attached hydrogen (secondary N) is 1. The first-order chi connectivity index (χ1) is 14.2. The molecule has 3 aromatic carbocycles. The molecule has 4 aromatic rings. The fourth-order valence-electron chi connectivity index (χ4n) is 3.04. The number of fused-ring (bicyclic) bond motifs is 1. The highest BCUT2D eigenvalue weighted by Gasteiger charge is 2.07. The van der Waals surface area contributed by atoms with Crippen LogP contribution in [0.5, 0.6) is 5.75 Å². The number of rotatable bonds is 7. The Balaban J connectivity index is 1.37. The summed E-state index contributed by atoms with van der Waals surface area (Å²) in [5.74, 6) is 1.53. The predicted octanol–water partition coefficient (Wildman–Crippen LogP) is 5.73. The smallest absolute Gasteiger partial charge is 0.224 e. The minimum absolute atomic E-state index is 0.499. The number of halogens is 1. The SMILES string of the molecule is CCn1c(N/N=C\c2ccc(OCc3ccc(Cl)cc3)cc2)nc2ccccc21. The van der Waals surface area contributed by atoms with E-state index in [1.54, 1.807) is 6.21 Å². The molecule has 1 N–H and O–H groups in total. The molecule has 0 fully saturated rings. The van der Waals surface area contributed by atoms with Crippen molar-refractivity contribution in [2.75, 3.05) is 5.43 Å². The molecule has 0 radical (unpaired) electrons. The second-order valence-corrected chi connectivity index (χ2v) is 6.96. The molecule has 6 heteroatoms. The molecule has 0 saturated heterocycles. The molecule has 0 aliphatic carbocycles. The first-order valence-corrected chi connectivity index (χ1v) is 9.82. The van der Waals surface area contributed by atoms with Gasteiger partial charge < -0.3 is 9.30 Å². The van der Waals surface area contributed by atoms with E-state index in [1.165, 1.54) is 0 Å². The molecule has 1 aromatic heterocycles. The van der Waals surface area contributed by atoms with E-state index in [1.807, 2.05) is 66.7 Å². The van der Waals surface area contributed by atoms with Crippen LogP contribution in [0.15, 0.2) is 77.9 Å². The van der Waals surface area contributed by atoms with Gasteiger partial charge in [0.1, 0.15) is 12.4 Å². The number of ether oxygens (including phenoxy) is 1. The van der Waals surface area contributed by atoms with Gasteiger partial charge in [-0.15, -0.1) is 0 Å². The molecule has 0 aliphatic heterocycles. The number of imidazole rings is 1. The highest BCUT2D eigenvalue weighted by molar-refractivity contribution is 6.30. The number of hydrazone groups is 1. The lowest BCUT2D eigenvalue weighted by atomic mass is 10.2. The Morgan fingerprint density at radius 2 is 1.79 bits per heavy atom. The zero-order valence-corrected chi connectivity index (χ0v) is 16.8. The van der Waals surface area contributed by atoms with E-state index in [0.717, 1.165) is 45.4 Å². The maximum absolute atomic E-state index is 5.90. The van der Waals surface area contributed by atoms with Gasteiger partial charge >= 0.3 is 0 Å². The quantitative estimate of drug-likeness (QED) is 0.316. The largest absolute Gasteiger partial charge is 0.489 e. The number of para-hydroxylation sites is 2. The molecule has 0 unspecified atom stereocenters. The fourth-order valence-corrected chi connectivity index (χ4v) is 3.17. The molecule has 1 heterocycles. The third kappa shape index (κ3) is 4.58. The average Bonchev–Trinajstić information content (AvgIpc) is 3.11. The maximum atomic E-state index is 5.90. The van der Waals surface area contributed by atoms with E-state index in [0.29, 0.717) is 6.61 Å². The Kier molecular flexibility index (Phi) is 5.77. The maximum Gasteiger partial charge on any atom is 0.224 e. The van der Waals surface area contributed by atoms with Crippen LogP contribution in [0, 0.1) is 0 Å². The summed E-state index contributed by atoms with van der Waals surface area (Å²) in [5, 5.41) is 5.06. The van der Waals surface area contributed by atoms with Crippen molar-refractivity contribution < 1.29 is 4.74 Å². The van der Waals surface area contributed by atoms with E-state index in [4.69, 9.17) is 16.3 Å². The summed E-state index contributed by atoms with van der Waals surface area (Å²) in [6.45, 7) is 3.41. The average molecular weight is 405 g/mol. The van der Waals surface area contributed by atoms with Gasteiger partial charge in [-0.05, 0) is 66.6 Å². The van der Waals surface area contributed by atoms with Gasteiger partial charge in [-0.2, -0.15) is 5.10 Å². The van der Waals surface area contributed by atoms with Gasteiger partial charge in [-0.3, -0.25) is 0 Å². The molecule has 146 valence electrons. The van der Waals surface area contributed by atoms with Crippen LogP contribution >= 0.6 is 11.6 Å². The van der Waals surface area contributed by atoms with Crippen molar-refractivity contribution in [1.29, 1.82) is 0 Å². The van der Waals surface area contributed by atoms with E-state index < -0.39 is 0 Å². The van der Waals surface area contributed by atoms with E-state index >= 15 is 0 Å². The summed E-state index contributed by atoms with van der Waals surface area (Å²) in [4.78, 5) is 4.60. The van der Waals surface area contributed by atoms with Crippen molar-refractivity contribution in [3.8, 4) is 5.75 Å². The number of aryl methyl sites for hydroxylation is 1. The van der Waals surface area contributed by atoms with Crippen LogP contribution in [-0.4, -0.2) is 15.8 Å². The first kappa shape index (κ1) is 19.0. The predicted molar refractivity (Wildman–Crippen MR) is 119 cm³/mol. The summed E-state index contributed by atoms with van der Waals surface area (Å²) in [6, 6.07) is 23.5. The van der Waals surface area contributed by atoms with Crippen molar-refractivity contribution >= 4 is 34.8 Å². The molecule has 0 amide bonds. The molecule has 4 rings (SSSR count). The van der Waals surface area contributed by atoms with E-state index in [9.17, 15) is 0 Å². The number of benzene rings is 3. The number of aromatic nitrogens is 2. The summed E-state index contributed by atoms with van der Waals surface area (Å²) in [5.41, 5.74) is 7.13. The zero-order chi connectivity index (χ0) is 20.1. The third-order valence-corrected chi connectivity index (χ3v) is 4.80. The molecule has 0 saturated carbocycles. The monoisotopic (exact) mass is 404 g/mol. The second kappa shape index (κ2) is 8.80. The fraction of sp³-hybridized carbons (Fsp3) is 0.130. The van der Waals surface area contributed by atoms with Crippen molar-refractivity contribution in [3.05, 3.63) is 88.9 Å². The summed E-state index contributed by atoms with van der Waals surface area (Å²) >= 11 is 5.90. The highest BCUT2D eigenvalue weighted by atomic mass is 35.5. The molecule has 0 aliphatic rings. The van der Waals surface area contributed by atoms with Gasteiger partial charge in [-0.25, -0.2) is 10.4 Å². The topological polar surface area (TPSA) is 51.4 Å². The van der Waals surface area contributed by atoms with Gasteiger partial charge in [0.2, 0.25) is 5.95 Å². The number of hydrogen-bond acceptors (Lipinski definition) is 4. The summed E-state index contributed by atoms with van der Waals surface area (Å²) in [7, 11) is 0. The number of hydrogen-bond donors (Lipinski definition) is 1. The summed E-state index contributed by atoms with van der Waals surface area (Å²) < 4.78 is 7.91. The minimum atomic E-state index is 0.499. The van der Waals surface area contributed by atoms with Gasteiger partial charge in [0.25, 0.3) is 0 Å². The van der Waals surface area contributed by atoms with Crippen molar-refractivity contribution in [3.63, 3.8) is 0 Å². The lowest BCUT2D eigenvalue weighted by Gasteiger charge is -2.07. The van der Waals surface area contributed by atoms with Crippen molar-refractivity contribution in [1.82, 2.24) is 9.55 Å². The Hall–Kier alpha value is -3.31. The zero-order valence-electron chi connectivity index (χ0n) is 16.0. The lowest BCUT2D eigenvalue weighted by Crippen LogP contribution is -2.01. The standard InChI is InChI=1S/C23H21ClN4O/c1-2-28-22-6-4-3-5-21(22)26-23(28)27-25-15-17-9-13-20(14-10-17)29-16-18-7-11-19(24)12-8-18/h3-15H,2,16H2,1H3,(H,26,27)/b25-15-. The van der Waals surface area contributed by atoms with Crippen molar-refractivity contribution in [2.24, 2.45) is 5.10 Å². The van der Waals surface area contributed by atoms with E-state index in [2.05, 4.69) is 33.1 Å². The molecule has 0 spiro atoms. The van der Waals surface area contributed by atoms with Crippen molar-refractivity contribution in [2.45, 2.75) is 20.1 Å². The first-order valence-electron chi connectivity index (χ1n) is 9.44. The molecule has 29 heavy (non-hydrogen) atoms. The lowest BCUT2D eigenvalue weighted by molar-refractivity contribution is 0.306. The van der Waals surface area contributed by atoms with Gasteiger partial charge in [-0.1, -0.05) is 35.9 Å². The normalized spacial score (nSPS) is 11.2. The Bertz CT molecular complexity index is 1120. The molecular formula is C23H21ClN4O. The Morgan fingerprint density at radius 3 is 2.55 bits per heavy atom. The minimum Gasteiger partial charge on any atom is -0.489 e. The summed E-state index contributed by atoms with van der Waals surface area (Å²) in [6.07, 6.45) is 1.77. The van der Waals surface area contributed by atoms with Crippen LogP contribution in [-0.2, 0) is 13.2 Å². The van der Waals surface area contributed by atoms with Gasteiger partial charge in [0.05, 0.1) is 17.2 Å². The van der Waals surface area contributed by atoms with Gasteiger partial charge in [0, 0.05) is 11.6 Å². The number of anilines is 1. The van der Waals surface area contributed by atoms with Crippen LogP contribution < -0.4 is 10.2 Å². The highest BCUT2D eigenvalue weighted by Crippen LogP contribution is 2.19. The van der Waals surface area contributed by atoms with Gasteiger partial charge in [0.15, 0.2) is 0 Å². The molecule has 0 atom stereocenters. The van der Waals surface area contributed by atoms with Crippen LogP contribution in [0.4, 0.5) is 5.95 Å². The molecule has 5 nitrogen and oxygen atoms in total. The Morgan fingerprint density at radius 1 is 1.03 bits per heavy atom. The van der Waals surface area contributed by atoms with Crippen LogP contribution in [0.2, 0.25) is 5.02 Å². The second-order valence-electron chi connectivity index (χ2n) is 6.52. The van der Waals surface area contributed by atoms with Crippen LogP contribution in [0.1, 0.15) is 18.1 Å².